The lowest BCUT2D eigenvalue weighted by atomic mass is 10.1. The van der Waals surface area contributed by atoms with Gasteiger partial charge in [0.1, 0.15) is 0 Å². The SMILES string of the molecule is Cc1cc(Br)cc(C)c1NCc1ccc(C(N)=O)cc1Cl. The Balaban J connectivity index is 2.19. The molecule has 0 unspecified atom stereocenters. The highest BCUT2D eigenvalue weighted by Gasteiger charge is 2.08. The molecule has 0 fully saturated rings. The molecule has 110 valence electrons. The van der Waals surface area contributed by atoms with Crippen LogP contribution in [0.25, 0.3) is 0 Å². The van der Waals surface area contributed by atoms with Gasteiger partial charge in [-0.2, -0.15) is 0 Å². The van der Waals surface area contributed by atoms with Crippen molar-refractivity contribution < 1.29 is 4.79 Å². The van der Waals surface area contributed by atoms with Crippen LogP contribution < -0.4 is 11.1 Å². The normalized spacial score (nSPS) is 10.5. The van der Waals surface area contributed by atoms with Gasteiger partial charge in [0.15, 0.2) is 0 Å². The average Bonchev–Trinajstić information content (AvgIpc) is 2.38. The molecule has 0 aliphatic rings. The van der Waals surface area contributed by atoms with Crippen molar-refractivity contribution in [1.29, 1.82) is 0 Å². The van der Waals surface area contributed by atoms with Crippen molar-refractivity contribution in [2.24, 2.45) is 5.73 Å². The Morgan fingerprint density at radius 2 is 1.86 bits per heavy atom. The summed E-state index contributed by atoms with van der Waals surface area (Å²) in [5.41, 5.74) is 9.98. The Kier molecular flexibility index (Phi) is 4.91. The second-order valence-corrected chi connectivity index (χ2v) is 6.26. The van der Waals surface area contributed by atoms with Crippen molar-refractivity contribution in [3.8, 4) is 0 Å². The molecule has 0 saturated carbocycles. The molecule has 0 aliphatic heterocycles. The predicted molar refractivity (Wildman–Crippen MR) is 90.9 cm³/mol. The van der Waals surface area contributed by atoms with E-state index in [1.54, 1.807) is 12.1 Å². The minimum Gasteiger partial charge on any atom is -0.380 e. The minimum atomic E-state index is -0.476. The highest BCUT2D eigenvalue weighted by atomic mass is 79.9. The van der Waals surface area contributed by atoms with E-state index in [2.05, 4.69) is 47.2 Å². The van der Waals surface area contributed by atoms with Gasteiger partial charge in [-0.15, -0.1) is 0 Å². The molecule has 21 heavy (non-hydrogen) atoms. The summed E-state index contributed by atoms with van der Waals surface area (Å²) >= 11 is 9.67. The van der Waals surface area contributed by atoms with Crippen LogP contribution >= 0.6 is 27.5 Å². The van der Waals surface area contributed by atoms with Gasteiger partial charge in [0, 0.05) is 27.3 Å². The summed E-state index contributed by atoms with van der Waals surface area (Å²) < 4.78 is 1.06. The molecular formula is C16H16BrClN2O. The van der Waals surface area contributed by atoms with E-state index >= 15 is 0 Å². The van der Waals surface area contributed by atoms with E-state index in [1.807, 2.05) is 6.07 Å². The molecule has 0 saturated heterocycles. The summed E-state index contributed by atoms with van der Waals surface area (Å²) in [5.74, 6) is -0.476. The molecule has 0 radical (unpaired) electrons. The van der Waals surface area contributed by atoms with Crippen molar-refractivity contribution in [3.63, 3.8) is 0 Å². The number of nitrogens with one attached hydrogen (secondary N) is 1. The van der Waals surface area contributed by atoms with E-state index in [-0.39, 0.29) is 0 Å². The Morgan fingerprint density at radius 3 is 2.38 bits per heavy atom. The number of amides is 1. The number of carbonyl (C=O) groups excluding carboxylic acids is 1. The van der Waals surface area contributed by atoms with Gasteiger partial charge >= 0.3 is 0 Å². The molecule has 0 spiro atoms. The van der Waals surface area contributed by atoms with Gasteiger partial charge in [-0.25, -0.2) is 0 Å². The molecule has 0 heterocycles. The molecule has 3 N–H and O–H groups in total. The fourth-order valence-electron chi connectivity index (χ4n) is 2.22. The maximum absolute atomic E-state index is 11.1. The third-order valence-electron chi connectivity index (χ3n) is 3.29. The predicted octanol–water partition coefficient (Wildman–Crippen LogP) is 4.43. The molecule has 3 nitrogen and oxygen atoms in total. The maximum atomic E-state index is 11.1. The largest absolute Gasteiger partial charge is 0.380 e. The Labute approximate surface area is 137 Å². The first-order valence-electron chi connectivity index (χ1n) is 6.47. The third-order valence-corrected chi connectivity index (χ3v) is 4.10. The third kappa shape index (κ3) is 3.77. The van der Waals surface area contributed by atoms with Gasteiger partial charge in [0.05, 0.1) is 0 Å². The number of rotatable bonds is 4. The summed E-state index contributed by atoms with van der Waals surface area (Å²) in [6, 6.07) is 9.23. The number of aryl methyl sites for hydroxylation is 2. The molecule has 1 amide bonds. The molecule has 2 aromatic carbocycles. The van der Waals surface area contributed by atoms with E-state index in [9.17, 15) is 4.79 Å². The highest BCUT2D eigenvalue weighted by molar-refractivity contribution is 9.10. The van der Waals surface area contributed by atoms with E-state index in [0.717, 1.165) is 26.9 Å². The molecule has 2 rings (SSSR count). The first-order valence-corrected chi connectivity index (χ1v) is 7.64. The summed E-state index contributed by atoms with van der Waals surface area (Å²) in [4.78, 5) is 11.1. The molecule has 0 atom stereocenters. The topological polar surface area (TPSA) is 55.1 Å². The monoisotopic (exact) mass is 366 g/mol. The lowest BCUT2D eigenvalue weighted by Crippen LogP contribution is -2.11. The van der Waals surface area contributed by atoms with E-state index in [4.69, 9.17) is 17.3 Å². The smallest absolute Gasteiger partial charge is 0.248 e. The fraction of sp³-hybridized carbons (Fsp3) is 0.188. The second-order valence-electron chi connectivity index (χ2n) is 4.94. The van der Waals surface area contributed by atoms with Crippen molar-refractivity contribution in [2.45, 2.75) is 20.4 Å². The van der Waals surface area contributed by atoms with E-state index in [1.165, 1.54) is 0 Å². The van der Waals surface area contributed by atoms with Gasteiger partial charge in [-0.1, -0.05) is 33.6 Å². The number of halogens is 2. The zero-order valence-electron chi connectivity index (χ0n) is 11.8. The number of benzene rings is 2. The number of hydrogen-bond donors (Lipinski definition) is 2. The van der Waals surface area contributed by atoms with Gasteiger partial charge in [0.25, 0.3) is 0 Å². The van der Waals surface area contributed by atoms with Crippen LogP contribution in [0.15, 0.2) is 34.8 Å². The summed E-state index contributed by atoms with van der Waals surface area (Å²) in [5, 5.41) is 3.93. The number of primary amides is 1. The van der Waals surface area contributed by atoms with Gasteiger partial charge in [0.2, 0.25) is 5.91 Å². The van der Waals surface area contributed by atoms with Crippen LogP contribution in [0.5, 0.6) is 0 Å². The van der Waals surface area contributed by atoms with Crippen molar-refractivity contribution >= 4 is 39.1 Å². The lowest BCUT2D eigenvalue weighted by molar-refractivity contribution is 0.100. The molecule has 0 aliphatic carbocycles. The minimum absolute atomic E-state index is 0.416. The molecule has 0 bridgehead atoms. The zero-order valence-corrected chi connectivity index (χ0v) is 14.2. The van der Waals surface area contributed by atoms with Crippen molar-refractivity contribution in [1.82, 2.24) is 0 Å². The maximum Gasteiger partial charge on any atom is 0.248 e. The number of anilines is 1. The summed E-state index contributed by atoms with van der Waals surface area (Å²) in [6.45, 7) is 4.69. The first kappa shape index (κ1) is 15.9. The number of hydrogen-bond acceptors (Lipinski definition) is 2. The summed E-state index contributed by atoms with van der Waals surface area (Å²) in [6.07, 6.45) is 0. The Hall–Kier alpha value is -1.52. The van der Waals surface area contributed by atoms with Crippen LogP contribution in [0.1, 0.15) is 27.0 Å². The standard InChI is InChI=1S/C16H16BrClN2O/c1-9-5-13(17)6-10(2)15(9)20-8-12-4-3-11(16(19)21)7-14(12)18/h3-7,20H,8H2,1-2H3,(H2,19,21). The van der Waals surface area contributed by atoms with Gasteiger partial charge in [-0.3, -0.25) is 4.79 Å². The van der Waals surface area contributed by atoms with Crippen molar-refractivity contribution in [2.75, 3.05) is 5.32 Å². The van der Waals surface area contributed by atoms with Crippen LogP contribution in [-0.2, 0) is 6.54 Å². The van der Waals surface area contributed by atoms with Crippen LogP contribution in [0.4, 0.5) is 5.69 Å². The van der Waals surface area contributed by atoms with E-state index in [0.29, 0.717) is 17.1 Å². The average molecular weight is 368 g/mol. The van der Waals surface area contributed by atoms with Crippen LogP contribution in [0.3, 0.4) is 0 Å². The Bertz CT molecular complexity index is 678. The number of nitrogens with two attached hydrogens (primary N) is 1. The van der Waals surface area contributed by atoms with Crippen LogP contribution in [0.2, 0.25) is 5.02 Å². The molecule has 5 heteroatoms. The van der Waals surface area contributed by atoms with E-state index < -0.39 is 5.91 Å². The Morgan fingerprint density at radius 1 is 1.24 bits per heavy atom. The fourth-order valence-corrected chi connectivity index (χ4v) is 3.15. The van der Waals surface area contributed by atoms with Crippen molar-refractivity contribution in [3.05, 3.63) is 62.1 Å². The van der Waals surface area contributed by atoms with Gasteiger partial charge < -0.3 is 11.1 Å². The first-order chi connectivity index (χ1) is 9.88. The highest BCUT2D eigenvalue weighted by Crippen LogP contribution is 2.26. The molecule has 2 aromatic rings. The van der Waals surface area contributed by atoms with Crippen LogP contribution in [-0.4, -0.2) is 5.91 Å². The molecular weight excluding hydrogens is 352 g/mol. The van der Waals surface area contributed by atoms with Crippen LogP contribution in [0, 0.1) is 13.8 Å². The lowest BCUT2D eigenvalue weighted by Gasteiger charge is -2.14. The zero-order chi connectivity index (χ0) is 15.6. The summed E-state index contributed by atoms with van der Waals surface area (Å²) in [7, 11) is 0. The second kappa shape index (κ2) is 6.50. The van der Waals surface area contributed by atoms with Gasteiger partial charge in [-0.05, 0) is 54.8 Å². The molecule has 0 aromatic heterocycles. The number of carbonyl (C=O) groups is 1. The quantitative estimate of drug-likeness (QED) is 0.840.